The minimum atomic E-state index is -3.27. The number of aromatic nitrogens is 1. The Hall–Kier alpha value is -2.08. The molecule has 0 atom stereocenters. The van der Waals surface area contributed by atoms with Crippen LogP contribution in [-0.4, -0.2) is 19.2 Å². The molecule has 0 saturated heterocycles. The third-order valence-electron chi connectivity index (χ3n) is 3.08. The number of benzene rings is 1. The Kier molecular flexibility index (Phi) is 4.80. The second-order valence-corrected chi connectivity index (χ2v) is 6.58. The molecule has 21 heavy (non-hydrogen) atoms. The maximum Gasteiger partial charge on any atom is 0.232 e. The van der Waals surface area contributed by atoms with Crippen molar-refractivity contribution in [3.63, 3.8) is 0 Å². The molecule has 0 spiro atoms. The molecule has 5 nitrogen and oxygen atoms in total. The van der Waals surface area contributed by atoms with E-state index in [2.05, 4.69) is 28.0 Å². The smallest absolute Gasteiger partial charge is 0.232 e. The average Bonchev–Trinajstić information content (AvgIpc) is 2.49. The van der Waals surface area contributed by atoms with Crippen LogP contribution in [0.1, 0.15) is 19.4 Å². The SMILES string of the molecule is CCc1ccccc1Nc1ccc(NS(=O)(=O)CC)cn1. The van der Waals surface area contributed by atoms with E-state index in [0.29, 0.717) is 11.5 Å². The lowest BCUT2D eigenvalue weighted by Gasteiger charge is -2.11. The second-order valence-electron chi connectivity index (χ2n) is 4.57. The number of hydrogen-bond donors (Lipinski definition) is 2. The van der Waals surface area contributed by atoms with Gasteiger partial charge in [-0.15, -0.1) is 0 Å². The van der Waals surface area contributed by atoms with Gasteiger partial charge in [0.15, 0.2) is 0 Å². The number of nitrogens with one attached hydrogen (secondary N) is 2. The predicted molar refractivity (Wildman–Crippen MR) is 86.4 cm³/mol. The van der Waals surface area contributed by atoms with Crippen molar-refractivity contribution < 1.29 is 8.42 Å². The summed E-state index contributed by atoms with van der Waals surface area (Å²) in [7, 11) is -3.27. The molecule has 1 aromatic carbocycles. The van der Waals surface area contributed by atoms with Gasteiger partial charge in [0, 0.05) is 5.69 Å². The zero-order valence-electron chi connectivity index (χ0n) is 12.1. The number of para-hydroxylation sites is 1. The van der Waals surface area contributed by atoms with Crippen molar-refractivity contribution in [1.29, 1.82) is 0 Å². The highest BCUT2D eigenvalue weighted by Gasteiger charge is 2.07. The summed E-state index contributed by atoms with van der Waals surface area (Å²) in [5.74, 6) is 0.715. The van der Waals surface area contributed by atoms with E-state index in [0.717, 1.165) is 12.1 Å². The third-order valence-corrected chi connectivity index (χ3v) is 4.38. The van der Waals surface area contributed by atoms with E-state index in [-0.39, 0.29) is 5.75 Å². The first-order valence-corrected chi connectivity index (χ1v) is 8.50. The Morgan fingerprint density at radius 2 is 1.86 bits per heavy atom. The first-order chi connectivity index (χ1) is 10.0. The van der Waals surface area contributed by atoms with Gasteiger partial charge in [0.1, 0.15) is 5.82 Å². The fraction of sp³-hybridized carbons (Fsp3) is 0.267. The van der Waals surface area contributed by atoms with E-state index in [4.69, 9.17) is 0 Å². The number of pyridine rings is 1. The molecule has 2 N–H and O–H groups in total. The van der Waals surface area contributed by atoms with Gasteiger partial charge in [-0.3, -0.25) is 4.72 Å². The van der Waals surface area contributed by atoms with Crippen molar-refractivity contribution in [2.45, 2.75) is 20.3 Å². The summed E-state index contributed by atoms with van der Waals surface area (Å²) in [5.41, 5.74) is 2.68. The van der Waals surface area contributed by atoms with Gasteiger partial charge >= 0.3 is 0 Å². The third kappa shape index (κ3) is 4.19. The summed E-state index contributed by atoms with van der Waals surface area (Å²) in [5, 5.41) is 3.24. The fourth-order valence-electron chi connectivity index (χ4n) is 1.87. The van der Waals surface area contributed by atoms with Crippen molar-refractivity contribution in [3.8, 4) is 0 Å². The number of sulfonamides is 1. The van der Waals surface area contributed by atoms with Crippen molar-refractivity contribution in [2.24, 2.45) is 0 Å². The van der Waals surface area contributed by atoms with Gasteiger partial charge in [0.05, 0.1) is 17.6 Å². The predicted octanol–water partition coefficient (Wildman–Crippen LogP) is 3.15. The minimum absolute atomic E-state index is 0.0386. The van der Waals surface area contributed by atoms with Gasteiger partial charge in [-0.1, -0.05) is 25.1 Å². The number of nitrogens with zero attached hydrogens (tertiary/aromatic N) is 1. The van der Waals surface area contributed by atoms with Gasteiger partial charge in [-0.05, 0) is 37.1 Å². The Labute approximate surface area is 125 Å². The maximum absolute atomic E-state index is 11.5. The molecule has 0 saturated carbocycles. The molecule has 0 aliphatic heterocycles. The van der Waals surface area contributed by atoms with Gasteiger partial charge in [0.25, 0.3) is 0 Å². The van der Waals surface area contributed by atoms with Crippen LogP contribution in [0, 0.1) is 0 Å². The number of rotatable bonds is 6. The Morgan fingerprint density at radius 3 is 2.48 bits per heavy atom. The second kappa shape index (κ2) is 6.58. The molecule has 0 aliphatic carbocycles. The van der Waals surface area contributed by atoms with E-state index < -0.39 is 10.0 Å². The molecule has 0 unspecified atom stereocenters. The summed E-state index contributed by atoms with van der Waals surface area (Å²) < 4.78 is 25.4. The van der Waals surface area contributed by atoms with Crippen LogP contribution < -0.4 is 10.0 Å². The quantitative estimate of drug-likeness (QED) is 0.860. The highest BCUT2D eigenvalue weighted by atomic mass is 32.2. The number of hydrogen-bond acceptors (Lipinski definition) is 4. The minimum Gasteiger partial charge on any atom is -0.340 e. The van der Waals surface area contributed by atoms with E-state index in [1.807, 2.05) is 18.2 Å². The molecule has 0 radical (unpaired) electrons. The summed E-state index contributed by atoms with van der Waals surface area (Å²) in [6, 6.07) is 11.5. The lowest BCUT2D eigenvalue weighted by Crippen LogP contribution is -2.14. The van der Waals surface area contributed by atoms with Crippen LogP contribution in [0.15, 0.2) is 42.6 Å². The van der Waals surface area contributed by atoms with Gasteiger partial charge in [-0.25, -0.2) is 13.4 Å². The normalized spacial score (nSPS) is 11.1. The molecule has 0 bridgehead atoms. The van der Waals surface area contributed by atoms with E-state index in [1.165, 1.54) is 11.8 Å². The van der Waals surface area contributed by atoms with Crippen LogP contribution in [0.5, 0.6) is 0 Å². The lowest BCUT2D eigenvalue weighted by molar-refractivity contribution is 0.602. The highest BCUT2D eigenvalue weighted by Crippen LogP contribution is 2.21. The van der Waals surface area contributed by atoms with E-state index >= 15 is 0 Å². The topological polar surface area (TPSA) is 71.1 Å². The maximum atomic E-state index is 11.5. The lowest BCUT2D eigenvalue weighted by atomic mass is 10.1. The Bertz CT molecular complexity index is 697. The molecular weight excluding hydrogens is 286 g/mol. The van der Waals surface area contributed by atoms with E-state index in [1.54, 1.807) is 19.1 Å². The Morgan fingerprint density at radius 1 is 1.10 bits per heavy atom. The standard InChI is InChI=1S/C15H19N3O2S/c1-3-12-7-5-6-8-14(12)17-15-10-9-13(11-16-15)18-21(19,20)4-2/h5-11,18H,3-4H2,1-2H3,(H,16,17). The van der Waals surface area contributed by atoms with E-state index in [9.17, 15) is 8.42 Å². The highest BCUT2D eigenvalue weighted by molar-refractivity contribution is 7.92. The Balaban J connectivity index is 2.13. The van der Waals surface area contributed by atoms with Crippen molar-refractivity contribution in [2.75, 3.05) is 15.8 Å². The van der Waals surface area contributed by atoms with Crippen molar-refractivity contribution in [1.82, 2.24) is 4.98 Å². The van der Waals surface area contributed by atoms with Gasteiger partial charge in [0.2, 0.25) is 10.0 Å². The van der Waals surface area contributed by atoms with Crippen LogP contribution in [-0.2, 0) is 16.4 Å². The fourth-order valence-corrected chi connectivity index (χ4v) is 2.49. The first-order valence-electron chi connectivity index (χ1n) is 6.85. The van der Waals surface area contributed by atoms with Crippen molar-refractivity contribution >= 4 is 27.2 Å². The monoisotopic (exact) mass is 305 g/mol. The van der Waals surface area contributed by atoms with Gasteiger partial charge < -0.3 is 5.32 Å². The number of anilines is 3. The molecule has 112 valence electrons. The zero-order chi connectivity index (χ0) is 15.3. The molecule has 2 rings (SSSR count). The van der Waals surface area contributed by atoms with Crippen LogP contribution in [0.3, 0.4) is 0 Å². The van der Waals surface area contributed by atoms with Crippen molar-refractivity contribution in [3.05, 3.63) is 48.2 Å². The van der Waals surface area contributed by atoms with Crippen LogP contribution >= 0.6 is 0 Å². The first kappa shape index (κ1) is 15.3. The van der Waals surface area contributed by atoms with Gasteiger partial charge in [-0.2, -0.15) is 0 Å². The molecule has 0 aliphatic rings. The average molecular weight is 305 g/mol. The molecule has 6 heteroatoms. The largest absolute Gasteiger partial charge is 0.340 e. The molecule has 1 heterocycles. The summed E-state index contributed by atoms with van der Waals surface area (Å²) in [6.07, 6.45) is 2.43. The molecule has 2 aromatic rings. The molecule has 1 aromatic heterocycles. The molecule has 0 amide bonds. The number of aryl methyl sites for hydroxylation is 1. The zero-order valence-corrected chi connectivity index (χ0v) is 12.9. The van der Waals surface area contributed by atoms with Crippen LogP contribution in [0.2, 0.25) is 0 Å². The van der Waals surface area contributed by atoms with Crippen LogP contribution in [0.25, 0.3) is 0 Å². The van der Waals surface area contributed by atoms with Crippen LogP contribution in [0.4, 0.5) is 17.2 Å². The summed E-state index contributed by atoms with van der Waals surface area (Å²) >= 11 is 0. The molecular formula is C15H19N3O2S. The summed E-state index contributed by atoms with van der Waals surface area (Å²) in [4.78, 5) is 4.23. The molecule has 0 fully saturated rings. The summed E-state index contributed by atoms with van der Waals surface area (Å²) in [6.45, 7) is 3.68.